The molecule has 10 aromatic carbocycles. The van der Waals surface area contributed by atoms with E-state index in [1.165, 1.54) is 55.6 Å². The smallest absolute Gasteiger partial charge is 0.101 e. The molecule has 0 aliphatic heterocycles. The summed E-state index contributed by atoms with van der Waals surface area (Å²) in [7, 11) is 0. The summed E-state index contributed by atoms with van der Waals surface area (Å²) in [5, 5.41) is 7.86. The van der Waals surface area contributed by atoms with E-state index in [9.17, 15) is 0 Å². The van der Waals surface area contributed by atoms with Gasteiger partial charge in [0.25, 0.3) is 0 Å². The molecule has 0 N–H and O–H groups in total. The molecule has 0 atom stereocenters. The van der Waals surface area contributed by atoms with Crippen LogP contribution >= 0.6 is 0 Å². The zero-order chi connectivity index (χ0) is 48.0. The lowest BCUT2D eigenvalue weighted by molar-refractivity contribution is 0.660. The molecule has 0 spiro atoms. The summed E-state index contributed by atoms with van der Waals surface area (Å²) in [5.41, 5.74) is 22.8. The maximum Gasteiger partial charge on any atom is 0.101 e. The fourth-order valence-corrected chi connectivity index (χ4v) is 12.5. The highest BCUT2D eigenvalue weighted by atomic mass is 15.2. The Balaban J connectivity index is 1.10. The van der Waals surface area contributed by atoms with E-state index < -0.39 is 5.41 Å². The molecule has 0 saturated heterocycles. The summed E-state index contributed by atoms with van der Waals surface area (Å²) in [6, 6.07) is 96.0. The first-order chi connectivity index (χ1) is 35.5. The van der Waals surface area contributed by atoms with Crippen molar-refractivity contribution < 1.29 is 0 Å². The van der Waals surface area contributed by atoms with Crippen molar-refractivity contribution in [1.29, 1.82) is 0 Å². The van der Waals surface area contributed by atoms with E-state index in [1.807, 2.05) is 0 Å². The molecule has 0 bridgehead atoms. The van der Waals surface area contributed by atoms with Gasteiger partial charge in [-0.2, -0.15) is 5.10 Å². The van der Waals surface area contributed by atoms with Gasteiger partial charge in [-0.1, -0.05) is 238 Å². The van der Waals surface area contributed by atoms with Gasteiger partial charge in [0.05, 0.1) is 22.3 Å². The topological polar surface area (TPSA) is 20.5 Å². The number of aromatic nitrogens is 2. The van der Waals surface area contributed by atoms with Gasteiger partial charge in [-0.15, -0.1) is 0 Å². The summed E-state index contributed by atoms with van der Waals surface area (Å²) >= 11 is 0. The molecular formula is C69H49N3. The summed E-state index contributed by atoms with van der Waals surface area (Å²) in [6.07, 6.45) is 0. The molecule has 0 unspecified atom stereocenters. The summed E-state index contributed by atoms with van der Waals surface area (Å²) < 4.78 is 2.20. The summed E-state index contributed by atoms with van der Waals surface area (Å²) in [6.45, 7) is 4.75. The number of nitrogens with zero attached hydrogens (tertiary/aromatic N) is 3. The highest BCUT2D eigenvalue weighted by molar-refractivity contribution is 6.10. The fourth-order valence-electron chi connectivity index (χ4n) is 12.5. The van der Waals surface area contributed by atoms with Gasteiger partial charge in [-0.05, 0) is 97.4 Å². The maximum absolute atomic E-state index is 5.60. The number of hydrogen-bond donors (Lipinski definition) is 0. The fraction of sp³-hybridized carbons (Fsp3) is 0.0580. The number of benzene rings is 10. The molecule has 0 amide bonds. The Morgan fingerprint density at radius 2 is 0.917 bits per heavy atom. The largest absolute Gasteiger partial charge is 0.310 e. The Labute approximate surface area is 420 Å². The van der Waals surface area contributed by atoms with E-state index in [-0.39, 0.29) is 5.41 Å². The van der Waals surface area contributed by atoms with Gasteiger partial charge in [-0.25, -0.2) is 4.52 Å². The van der Waals surface area contributed by atoms with Crippen LogP contribution in [-0.4, -0.2) is 9.61 Å². The van der Waals surface area contributed by atoms with Crippen molar-refractivity contribution in [2.45, 2.75) is 24.7 Å². The molecule has 3 nitrogen and oxygen atoms in total. The van der Waals surface area contributed by atoms with Gasteiger partial charge in [-0.3, -0.25) is 0 Å². The summed E-state index contributed by atoms with van der Waals surface area (Å²) in [5.74, 6) is 0. The normalized spacial score (nSPS) is 13.6. The second-order valence-corrected chi connectivity index (χ2v) is 19.8. The third-order valence-corrected chi connectivity index (χ3v) is 15.7. The quantitative estimate of drug-likeness (QED) is 0.151. The number of fused-ring (bicyclic) bond motifs is 9. The van der Waals surface area contributed by atoms with E-state index in [4.69, 9.17) is 5.10 Å². The molecular weight excluding hydrogens is 871 g/mol. The van der Waals surface area contributed by atoms with E-state index in [2.05, 4.69) is 284 Å². The number of anilines is 3. The molecule has 340 valence electrons. The van der Waals surface area contributed by atoms with Crippen molar-refractivity contribution in [1.82, 2.24) is 9.61 Å². The van der Waals surface area contributed by atoms with Crippen molar-refractivity contribution >= 4 is 33.4 Å². The Morgan fingerprint density at radius 3 is 1.60 bits per heavy atom. The molecule has 0 saturated carbocycles. The van der Waals surface area contributed by atoms with Crippen LogP contribution in [0.3, 0.4) is 0 Å². The van der Waals surface area contributed by atoms with Crippen LogP contribution < -0.4 is 4.90 Å². The van der Waals surface area contributed by atoms with E-state index in [1.54, 1.807) is 0 Å². The average Bonchev–Trinajstić information content (AvgIpc) is 4.07. The minimum Gasteiger partial charge on any atom is -0.310 e. The Hall–Kier alpha value is -9.05. The maximum atomic E-state index is 5.60. The minimum atomic E-state index is -0.558. The van der Waals surface area contributed by atoms with Crippen molar-refractivity contribution in [3.05, 3.63) is 294 Å². The van der Waals surface area contributed by atoms with Crippen molar-refractivity contribution in [3.8, 4) is 55.9 Å². The molecule has 2 aliphatic rings. The van der Waals surface area contributed by atoms with Gasteiger partial charge in [0.2, 0.25) is 0 Å². The average molecular weight is 920 g/mol. The molecule has 3 heteroatoms. The summed E-state index contributed by atoms with van der Waals surface area (Å²) in [4.78, 5) is 2.54. The van der Waals surface area contributed by atoms with Gasteiger partial charge in [0.15, 0.2) is 0 Å². The third kappa shape index (κ3) is 6.14. The first kappa shape index (κ1) is 41.9. The van der Waals surface area contributed by atoms with E-state index in [0.717, 1.165) is 67.0 Å². The molecule has 72 heavy (non-hydrogen) atoms. The van der Waals surface area contributed by atoms with Crippen LogP contribution in [-0.2, 0) is 10.8 Å². The molecule has 2 aliphatic carbocycles. The van der Waals surface area contributed by atoms with E-state index >= 15 is 0 Å². The molecule has 2 aromatic heterocycles. The van der Waals surface area contributed by atoms with Crippen LogP contribution in [0.2, 0.25) is 0 Å². The second-order valence-electron chi connectivity index (χ2n) is 19.8. The lowest BCUT2D eigenvalue weighted by Gasteiger charge is -2.34. The van der Waals surface area contributed by atoms with Crippen molar-refractivity contribution in [3.63, 3.8) is 0 Å². The van der Waals surface area contributed by atoms with Crippen molar-refractivity contribution in [2.75, 3.05) is 4.90 Å². The number of pyridine rings is 1. The van der Waals surface area contributed by atoms with E-state index in [0.29, 0.717) is 0 Å². The third-order valence-electron chi connectivity index (χ3n) is 15.7. The monoisotopic (exact) mass is 919 g/mol. The number of rotatable bonds is 8. The first-order valence-electron chi connectivity index (χ1n) is 25.0. The second kappa shape index (κ2) is 16.3. The molecule has 0 radical (unpaired) electrons. The Bertz CT molecular complexity index is 4000. The van der Waals surface area contributed by atoms with Gasteiger partial charge >= 0.3 is 0 Å². The SMILES string of the molecule is CC1(C)c2ccccc2-c2ccc(N(c3ccc4cc(-c5ccccc5)n5nc(-c6ccccc6)c(-c6ccccc6)c5c4c3)c3cccc4c3-c3ccccc3C4(c3ccccc3)c3ccccc3)cc21. The lowest BCUT2D eigenvalue weighted by Crippen LogP contribution is -2.28. The minimum absolute atomic E-state index is 0.200. The highest BCUT2D eigenvalue weighted by Crippen LogP contribution is 2.60. The van der Waals surface area contributed by atoms with Gasteiger partial charge in [0, 0.05) is 44.4 Å². The molecule has 14 rings (SSSR count). The van der Waals surface area contributed by atoms with Crippen LogP contribution in [0.15, 0.2) is 261 Å². The predicted molar refractivity (Wildman–Crippen MR) is 299 cm³/mol. The predicted octanol–water partition coefficient (Wildman–Crippen LogP) is 17.6. The van der Waals surface area contributed by atoms with Crippen LogP contribution in [0, 0.1) is 0 Å². The van der Waals surface area contributed by atoms with Gasteiger partial charge < -0.3 is 4.90 Å². The lowest BCUT2D eigenvalue weighted by atomic mass is 9.68. The molecule has 12 aromatic rings. The van der Waals surface area contributed by atoms with Crippen LogP contribution in [0.1, 0.15) is 47.2 Å². The van der Waals surface area contributed by atoms with Crippen LogP contribution in [0.25, 0.3) is 72.2 Å². The first-order valence-corrected chi connectivity index (χ1v) is 25.0. The van der Waals surface area contributed by atoms with Crippen LogP contribution in [0.5, 0.6) is 0 Å². The zero-order valence-electron chi connectivity index (χ0n) is 40.2. The Morgan fingerprint density at radius 1 is 0.389 bits per heavy atom. The zero-order valence-corrected chi connectivity index (χ0v) is 40.2. The highest BCUT2D eigenvalue weighted by Gasteiger charge is 2.47. The molecule has 0 fully saturated rings. The standard InChI is InChI=1S/C69H49N3/c1-68(2)58-35-20-18-33-54(58)55-42-41-53(45-61(55)68)71(62-38-22-37-60-65(62)56-34-19-21-36-59(56)69(60,50-29-14-6-15-30-50)51-31-16-7-17-32-51)52-40-39-49-43-63(46-23-8-3-9-24-46)72-67(57(49)44-52)64(47-25-10-4-11-26-47)66(70-72)48-27-12-5-13-28-48/h3-45H,1-2H3. The van der Waals surface area contributed by atoms with Crippen LogP contribution in [0.4, 0.5) is 17.1 Å². The van der Waals surface area contributed by atoms with Gasteiger partial charge in [0.1, 0.15) is 5.69 Å². The van der Waals surface area contributed by atoms with Crippen molar-refractivity contribution in [2.24, 2.45) is 0 Å². The molecule has 2 heterocycles. The Kier molecular flexibility index (Phi) is 9.46. The number of hydrogen-bond acceptors (Lipinski definition) is 2.